The number of alkyl halides is 3. The van der Waals surface area contributed by atoms with E-state index in [1.165, 1.54) is 19.1 Å². The van der Waals surface area contributed by atoms with Crippen LogP contribution in [0.1, 0.15) is 48.7 Å². The number of anilines is 2. The topological polar surface area (TPSA) is 83.1 Å². The van der Waals surface area contributed by atoms with Gasteiger partial charge in [0.05, 0.1) is 16.8 Å². The Labute approximate surface area is 211 Å². The van der Waals surface area contributed by atoms with Crippen molar-refractivity contribution in [1.82, 2.24) is 10.3 Å². The molecule has 0 aliphatic heterocycles. The average molecular weight is 519 g/mol. The minimum absolute atomic E-state index is 0.0171. The van der Waals surface area contributed by atoms with Crippen molar-refractivity contribution in [3.05, 3.63) is 64.8 Å². The Bertz CT molecular complexity index is 1270. The summed E-state index contributed by atoms with van der Waals surface area (Å²) >= 11 is 6.07. The number of carbonyl (C=O) groups excluding carboxylic acids is 2. The lowest BCUT2D eigenvalue weighted by atomic mass is 9.85. The third kappa shape index (κ3) is 6.26. The molecule has 36 heavy (non-hydrogen) atoms. The van der Waals surface area contributed by atoms with Crippen molar-refractivity contribution >= 4 is 45.7 Å². The van der Waals surface area contributed by atoms with Gasteiger partial charge in [0.25, 0.3) is 5.91 Å². The fourth-order valence-corrected chi connectivity index (χ4v) is 4.67. The number of pyridine rings is 1. The van der Waals surface area contributed by atoms with Gasteiger partial charge in [-0.05, 0) is 68.0 Å². The first kappa shape index (κ1) is 25.8. The molecule has 1 aliphatic carbocycles. The lowest BCUT2D eigenvalue weighted by Crippen LogP contribution is -2.38. The van der Waals surface area contributed by atoms with Crippen molar-refractivity contribution in [3.63, 3.8) is 0 Å². The van der Waals surface area contributed by atoms with Crippen LogP contribution >= 0.6 is 11.6 Å². The van der Waals surface area contributed by atoms with Crippen molar-refractivity contribution in [2.24, 2.45) is 5.92 Å². The molecular weight excluding hydrogens is 493 g/mol. The predicted octanol–water partition coefficient (Wildman–Crippen LogP) is 6.27. The van der Waals surface area contributed by atoms with Gasteiger partial charge in [-0.2, -0.15) is 13.2 Å². The van der Waals surface area contributed by atoms with E-state index in [0.717, 1.165) is 31.7 Å². The number of rotatable bonds is 6. The van der Waals surface area contributed by atoms with Gasteiger partial charge in [-0.15, -0.1) is 0 Å². The molecular formula is C26H26ClF3N4O2. The highest BCUT2D eigenvalue weighted by Gasteiger charge is 2.33. The van der Waals surface area contributed by atoms with Gasteiger partial charge in [-0.1, -0.05) is 23.7 Å². The van der Waals surface area contributed by atoms with E-state index < -0.39 is 11.9 Å². The fraction of sp³-hybridized carbons (Fsp3) is 0.346. The lowest BCUT2D eigenvalue weighted by molar-refractivity contribution is -0.140. The molecule has 1 heterocycles. The van der Waals surface area contributed by atoms with Gasteiger partial charge in [0.15, 0.2) is 0 Å². The molecule has 4 rings (SSSR count). The monoisotopic (exact) mass is 518 g/mol. The Morgan fingerprint density at radius 2 is 1.75 bits per heavy atom. The number of nitrogens with zero attached hydrogens (tertiary/aromatic N) is 1. The maximum atomic E-state index is 13.4. The van der Waals surface area contributed by atoms with E-state index in [-0.39, 0.29) is 29.3 Å². The van der Waals surface area contributed by atoms with Crippen LogP contribution in [-0.4, -0.2) is 29.4 Å². The second-order valence-corrected chi connectivity index (χ2v) is 9.45. The number of carbonyl (C=O) groups is 2. The third-order valence-corrected chi connectivity index (χ3v) is 6.54. The first-order valence-corrected chi connectivity index (χ1v) is 12.1. The van der Waals surface area contributed by atoms with Crippen molar-refractivity contribution in [1.29, 1.82) is 0 Å². The van der Waals surface area contributed by atoms with E-state index in [1.807, 2.05) is 0 Å². The maximum Gasteiger partial charge on any atom is 0.433 e. The summed E-state index contributed by atoms with van der Waals surface area (Å²) in [5.41, 5.74) is 0.483. The summed E-state index contributed by atoms with van der Waals surface area (Å²) in [6.07, 6.45) is -1.45. The van der Waals surface area contributed by atoms with E-state index in [1.54, 1.807) is 30.3 Å². The predicted molar refractivity (Wildman–Crippen MR) is 134 cm³/mol. The quantitative estimate of drug-likeness (QED) is 0.359. The Hall–Kier alpha value is -3.33. The number of hydrogen-bond acceptors (Lipinski definition) is 4. The summed E-state index contributed by atoms with van der Waals surface area (Å²) < 4.78 is 40.1. The maximum absolute atomic E-state index is 13.4. The summed E-state index contributed by atoms with van der Waals surface area (Å²) in [6, 6.07) is 12.4. The van der Waals surface area contributed by atoms with Gasteiger partial charge in [0.1, 0.15) is 5.69 Å². The van der Waals surface area contributed by atoms with E-state index in [0.29, 0.717) is 33.9 Å². The number of fused-ring (bicyclic) bond motifs is 1. The number of amides is 2. The number of benzene rings is 2. The van der Waals surface area contributed by atoms with Crippen LogP contribution in [0, 0.1) is 5.92 Å². The van der Waals surface area contributed by atoms with Gasteiger partial charge in [0, 0.05) is 35.6 Å². The van der Waals surface area contributed by atoms with Crippen LogP contribution in [0.25, 0.3) is 10.9 Å². The van der Waals surface area contributed by atoms with Crippen LogP contribution in [-0.2, 0) is 11.0 Å². The Balaban J connectivity index is 1.37. The molecule has 2 amide bonds. The number of para-hydroxylation sites is 1. The fourth-order valence-electron chi connectivity index (χ4n) is 4.50. The minimum atomic E-state index is -4.56. The molecule has 0 atom stereocenters. The SMILES string of the molecule is CC(=O)Nc1ccccc1C(=O)N[C@H]1CC[C@@H](CNc2cc(C(F)(F)F)nc3ccc(Cl)cc23)CC1. The Morgan fingerprint density at radius 1 is 1.03 bits per heavy atom. The van der Waals surface area contributed by atoms with Crippen LogP contribution in [0.15, 0.2) is 48.5 Å². The minimum Gasteiger partial charge on any atom is -0.384 e. The molecule has 10 heteroatoms. The zero-order valence-corrected chi connectivity index (χ0v) is 20.3. The second kappa shape index (κ2) is 10.7. The Morgan fingerprint density at radius 3 is 2.44 bits per heavy atom. The molecule has 2 aromatic carbocycles. The smallest absolute Gasteiger partial charge is 0.384 e. The standard InChI is InChI=1S/C26H26ClF3N4O2/c1-15(35)32-21-5-3-2-4-19(21)25(36)33-18-9-6-16(7-10-18)14-31-23-13-24(26(28,29)30)34-22-11-8-17(27)12-20(22)23/h2-5,8,11-13,16,18H,6-7,9-10,14H2,1H3,(H,31,34)(H,32,35)(H,33,36)/t16-,18+. The largest absolute Gasteiger partial charge is 0.433 e. The van der Waals surface area contributed by atoms with E-state index >= 15 is 0 Å². The van der Waals surface area contributed by atoms with Crippen molar-refractivity contribution < 1.29 is 22.8 Å². The van der Waals surface area contributed by atoms with Crippen LogP contribution in [0.5, 0.6) is 0 Å². The highest BCUT2D eigenvalue weighted by atomic mass is 35.5. The molecule has 190 valence electrons. The Kier molecular flexibility index (Phi) is 7.68. The van der Waals surface area contributed by atoms with E-state index in [4.69, 9.17) is 11.6 Å². The molecule has 1 fully saturated rings. The number of aromatic nitrogens is 1. The van der Waals surface area contributed by atoms with Gasteiger partial charge in [-0.25, -0.2) is 4.98 Å². The van der Waals surface area contributed by atoms with Crippen LogP contribution in [0.2, 0.25) is 5.02 Å². The second-order valence-electron chi connectivity index (χ2n) is 9.01. The summed E-state index contributed by atoms with van der Waals surface area (Å²) in [4.78, 5) is 27.9. The van der Waals surface area contributed by atoms with Gasteiger partial charge in [0.2, 0.25) is 5.91 Å². The van der Waals surface area contributed by atoms with E-state index in [2.05, 4.69) is 20.9 Å². The molecule has 6 nitrogen and oxygen atoms in total. The lowest BCUT2D eigenvalue weighted by Gasteiger charge is -2.30. The molecule has 0 spiro atoms. The average Bonchev–Trinajstić information content (AvgIpc) is 2.82. The van der Waals surface area contributed by atoms with Crippen molar-refractivity contribution in [2.75, 3.05) is 17.2 Å². The van der Waals surface area contributed by atoms with Gasteiger partial charge in [-0.3, -0.25) is 9.59 Å². The number of hydrogen-bond donors (Lipinski definition) is 3. The highest BCUT2D eigenvalue weighted by molar-refractivity contribution is 6.31. The molecule has 1 saturated carbocycles. The van der Waals surface area contributed by atoms with Crippen LogP contribution in [0.4, 0.5) is 24.5 Å². The summed E-state index contributed by atoms with van der Waals surface area (Å²) in [5, 5.41) is 9.84. The summed E-state index contributed by atoms with van der Waals surface area (Å²) in [5.74, 6) is -0.267. The zero-order valence-electron chi connectivity index (χ0n) is 19.6. The number of halogens is 4. The molecule has 0 bridgehead atoms. The third-order valence-electron chi connectivity index (χ3n) is 6.31. The molecule has 0 unspecified atom stereocenters. The van der Waals surface area contributed by atoms with Gasteiger partial charge < -0.3 is 16.0 Å². The summed E-state index contributed by atoms with van der Waals surface area (Å²) in [6.45, 7) is 1.88. The van der Waals surface area contributed by atoms with Crippen LogP contribution < -0.4 is 16.0 Å². The highest BCUT2D eigenvalue weighted by Crippen LogP contribution is 2.35. The van der Waals surface area contributed by atoms with Crippen molar-refractivity contribution in [3.8, 4) is 0 Å². The molecule has 0 saturated heterocycles. The van der Waals surface area contributed by atoms with Gasteiger partial charge >= 0.3 is 6.18 Å². The first-order chi connectivity index (χ1) is 17.1. The molecule has 3 N–H and O–H groups in total. The van der Waals surface area contributed by atoms with Crippen LogP contribution in [0.3, 0.4) is 0 Å². The number of nitrogens with one attached hydrogen (secondary N) is 3. The summed E-state index contributed by atoms with van der Waals surface area (Å²) in [7, 11) is 0. The van der Waals surface area contributed by atoms with E-state index in [9.17, 15) is 22.8 Å². The van der Waals surface area contributed by atoms with Crippen molar-refractivity contribution in [2.45, 2.75) is 44.8 Å². The zero-order chi connectivity index (χ0) is 25.9. The molecule has 1 aliphatic rings. The molecule has 1 aromatic heterocycles. The first-order valence-electron chi connectivity index (χ1n) is 11.7. The molecule has 0 radical (unpaired) electrons. The normalized spacial score (nSPS) is 18.0. The molecule has 3 aromatic rings.